The number of carbonyl (C=O) groups is 1. The van der Waals surface area contributed by atoms with E-state index in [0.29, 0.717) is 6.54 Å². The van der Waals surface area contributed by atoms with Crippen molar-refractivity contribution >= 4 is 16.7 Å². The lowest BCUT2D eigenvalue weighted by atomic mass is 10.1. The number of carbonyl (C=O) groups excluding carboxylic acids is 1. The number of nitrogens with one attached hydrogen (secondary N) is 1. The molecule has 3 nitrogen and oxygen atoms in total. The molecular weight excluding hydrogens is 246 g/mol. The van der Waals surface area contributed by atoms with Gasteiger partial charge in [-0.2, -0.15) is 0 Å². The molecule has 2 unspecified atom stereocenters. The molecule has 0 saturated heterocycles. The molecule has 1 aromatic carbocycles. The van der Waals surface area contributed by atoms with Crippen molar-refractivity contribution in [2.24, 2.45) is 0 Å². The van der Waals surface area contributed by atoms with E-state index < -0.39 is 16.0 Å². The number of hydrogen-bond acceptors (Lipinski definition) is 2. The Morgan fingerprint density at radius 2 is 1.94 bits per heavy atom. The highest BCUT2D eigenvalue weighted by Gasteiger charge is 2.31. The van der Waals surface area contributed by atoms with Crippen LogP contribution in [0.3, 0.4) is 0 Å². The second-order valence-corrected chi connectivity index (χ2v) is 6.70. The van der Waals surface area contributed by atoms with Gasteiger partial charge >= 0.3 is 0 Å². The van der Waals surface area contributed by atoms with Crippen LogP contribution in [0.15, 0.2) is 24.3 Å². The highest BCUT2D eigenvalue weighted by atomic mass is 32.2. The molecule has 0 aromatic heterocycles. The van der Waals surface area contributed by atoms with Gasteiger partial charge in [0, 0.05) is 22.6 Å². The van der Waals surface area contributed by atoms with Crippen LogP contribution >= 0.6 is 0 Å². The maximum Gasteiger partial charge on any atom is 0.235 e. The molecule has 0 bridgehead atoms. The minimum absolute atomic E-state index is 0.0833. The highest BCUT2D eigenvalue weighted by Crippen LogP contribution is 2.26. The summed E-state index contributed by atoms with van der Waals surface area (Å²) >= 11 is 0. The number of fused-ring (bicyclic) bond motifs is 1. The lowest BCUT2D eigenvalue weighted by Crippen LogP contribution is -2.38. The summed E-state index contributed by atoms with van der Waals surface area (Å²) in [5.74, 6) is -0.105. The second-order valence-electron chi connectivity index (χ2n) is 4.66. The van der Waals surface area contributed by atoms with Crippen molar-refractivity contribution in [3.8, 4) is 0 Å². The summed E-state index contributed by atoms with van der Waals surface area (Å²) in [6.45, 7) is 4.22. The smallest absolute Gasteiger partial charge is 0.235 e. The summed E-state index contributed by atoms with van der Waals surface area (Å²) in [6.07, 6.45) is 1.65. The number of benzene rings is 1. The number of hydrogen-bond donors (Lipinski definition) is 1. The highest BCUT2D eigenvalue weighted by molar-refractivity contribution is 7.87. The van der Waals surface area contributed by atoms with E-state index in [4.69, 9.17) is 0 Å². The van der Waals surface area contributed by atoms with E-state index >= 15 is 0 Å². The van der Waals surface area contributed by atoms with E-state index in [-0.39, 0.29) is 11.2 Å². The van der Waals surface area contributed by atoms with Gasteiger partial charge in [0.15, 0.2) is 0 Å². The van der Waals surface area contributed by atoms with Crippen LogP contribution in [0.5, 0.6) is 0 Å². The summed E-state index contributed by atoms with van der Waals surface area (Å²) in [6, 6.07) is 8.20. The first kappa shape index (κ1) is 13.3. The third-order valence-corrected chi connectivity index (χ3v) is 5.31. The third kappa shape index (κ3) is 2.64. The van der Waals surface area contributed by atoms with Crippen molar-refractivity contribution in [2.75, 3.05) is 6.54 Å². The van der Waals surface area contributed by atoms with Crippen LogP contribution in [0.1, 0.15) is 25.0 Å². The summed E-state index contributed by atoms with van der Waals surface area (Å²) in [5.41, 5.74) is 2.55. The topological polar surface area (TPSA) is 46.2 Å². The zero-order valence-corrected chi connectivity index (χ0v) is 11.6. The van der Waals surface area contributed by atoms with Gasteiger partial charge < -0.3 is 5.32 Å². The largest absolute Gasteiger partial charge is 0.355 e. The normalized spacial score (nSPS) is 18.1. The van der Waals surface area contributed by atoms with Crippen molar-refractivity contribution in [3.05, 3.63) is 35.4 Å². The Hall–Kier alpha value is -1.16. The first-order chi connectivity index (χ1) is 8.63. The van der Waals surface area contributed by atoms with E-state index in [0.717, 1.165) is 12.8 Å². The molecule has 1 amide bonds. The van der Waals surface area contributed by atoms with Gasteiger partial charge in [-0.1, -0.05) is 24.3 Å². The Kier molecular flexibility index (Phi) is 4.17. The zero-order valence-electron chi connectivity index (χ0n) is 10.8. The molecule has 4 heteroatoms. The Bertz CT molecular complexity index is 448. The average Bonchev–Trinajstić information content (AvgIpc) is 2.81. The molecule has 2 atom stereocenters. The van der Waals surface area contributed by atoms with Crippen molar-refractivity contribution < 1.29 is 9.00 Å². The van der Waals surface area contributed by atoms with Gasteiger partial charge in [-0.25, -0.2) is 0 Å². The average molecular weight is 265 g/mol. The molecule has 0 saturated carbocycles. The Balaban J connectivity index is 2.03. The Morgan fingerprint density at radius 3 is 2.44 bits per heavy atom. The minimum Gasteiger partial charge on any atom is -0.355 e. The van der Waals surface area contributed by atoms with Gasteiger partial charge in [0.25, 0.3) is 0 Å². The molecule has 2 rings (SSSR count). The fourth-order valence-electron chi connectivity index (χ4n) is 2.39. The molecule has 0 fully saturated rings. The number of rotatable bonds is 4. The molecule has 1 aromatic rings. The maximum absolute atomic E-state index is 12.4. The van der Waals surface area contributed by atoms with E-state index in [1.54, 1.807) is 6.92 Å². The first-order valence-corrected chi connectivity index (χ1v) is 7.65. The molecule has 18 heavy (non-hydrogen) atoms. The fraction of sp³-hybridized carbons (Fsp3) is 0.500. The lowest BCUT2D eigenvalue weighted by Gasteiger charge is -2.15. The van der Waals surface area contributed by atoms with Crippen LogP contribution in [0.25, 0.3) is 0 Å². The van der Waals surface area contributed by atoms with E-state index in [1.165, 1.54) is 11.1 Å². The molecule has 0 spiro atoms. The van der Waals surface area contributed by atoms with Gasteiger partial charge in [0.2, 0.25) is 5.91 Å². The second kappa shape index (κ2) is 5.65. The Labute approximate surface area is 110 Å². The quantitative estimate of drug-likeness (QED) is 0.895. The van der Waals surface area contributed by atoms with Gasteiger partial charge in [0.05, 0.1) is 0 Å². The lowest BCUT2D eigenvalue weighted by molar-refractivity contribution is -0.120. The van der Waals surface area contributed by atoms with Gasteiger partial charge in [0.1, 0.15) is 5.25 Å². The summed E-state index contributed by atoms with van der Waals surface area (Å²) in [5, 5.41) is 2.40. The Morgan fingerprint density at radius 1 is 1.39 bits per heavy atom. The molecule has 0 heterocycles. The minimum atomic E-state index is -1.11. The third-order valence-electron chi connectivity index (χ3n) is 3.41. The molecule has 1 N–H and O–H groups in total. The summed E-state index contributed by atoms with van der Waals surface area (Å²) < 4.78 is 12.4. The molecule has 98 valence electrons. The van der Waals surface area contributed by atoms with E-state index in [9.17, 15) is 9.00 Å². The zero-order chi connectivity index (χ0) is 13.1. The monoisotopic (exact) mass is 265 g/mol. The predicted molar refractivity (Wildman–Crippen MR) is 73.9 cm³/mol. The summed E-state index contributed by atoms with van der Waals surface area (Å²) in [7, 11) is -1.11. The van der Waals surface area contributed by atoms with Crippen LogP contribution in [0.4, 0.5) is 0 Å². The van der Waals surface area contributed by atoms with Crippen LogP contribution in [-0.4, -0.2) is 27.2 Å². The number of amides is 1. The van der Waals surface area contributed by atoms with Gasteiger partial charge in [-0.05, 0) is 37.8 Å². The maximum atomic E-state index is 12.4. The molecule has 1 aliphatic carbocycles. The van der Waals surface area contributed by atoms with Gasteiger partial charge in [-0.15, -0.1) is 0 Å². The molecular formula is C14H19NO2S. The molecule has 0 radical (unpaired) electrons. The van der Waals surface area contributed by atoms with Crippen LogP contribution in [-0.2, 0) is 28.4 Å². The first-order valence-electron chi connectivity index (χ1n) is 6.37. The van der Waals surface area contributed by atoms with E-state index in [2.05, 4.69) is 17.4 Å². The fourth-order valence-corrected chi connectivity index (χ4v) is 3.95. The van der Waals surface area contributed by atoms with Crippen LogP contribution in [0.2, 0.25) is 0 Å². The van der Waals surface area contributed by atoms with Crippen LogP contribution in [0, 0.1) is 0 Å². The van der Waals surface area contributed by atoms with Crippen LogP contribution < -0.4 is 5.32 Å². The molecule has 1 aliphatic rings. The van der Waals surface area contributed by atoms with Crippen molar-refractivity contribution in [1.82, 2.24) is 5.32 Å². The SMILES string of the molecule is CCNC(=O)C(C)S(=O)C1Cc2ccccc2C1. The van der Waals surface area contributed by atoms with Crippen molar-refractivity contribution in [1.29, 1.82) is 0 Å². The summed E-state index contributed by atoms with van der Waals surface area (Å²) in [4.78, 5) is 11.7. The molecule has 0 aliphatic heterocycles. The van der Waals surface area contributed by atoms with E-state index in [1.807, 2.05) is 19.1 Å². The van der Waals surface area contributed by atoms with Crippen molar-refractivity contribution in [2.45, 2.75) is 37.2 Å². The predicted octanol–water partition coefficient (Wildman–Crippen LogP) is 1.43. The van der Waals surface area contributed by atoms with Crippen molar-refractivity contribution in [3.63, 3.8) is 0 Å². The van der Waals surface area contributed by atoms with Gasteiger partial charge in [-0.3, -0.25) is 9.00 Å². The standard InChI is InChI=1S/C14H19NO2S/c1-3-15-14(16)10(2)18(17)13-8-11-6-4-5-7-12(11)9-13/h4-7,10,13H,3,8-9H2,1-2H3,(H,15,16).